The van der Waals surface area contributed by atoms with Crippen molar-refractivity contribution in [2.24, 2.45) is 0 Å². The van der Waals surface area contributed by atoms with Crippen molar-refractivity contribution in [3.8, 4) is 0 Å². The Bertz CT molecular complexity index is 724. The van der Waals surface area contributed by atoms with Crippen LogP contribution in [0.3, 0.4) is 0 Å². The van der Waals surface area contributed by atoms with Gasteiger partial charge in [-0.1, -0.05) is 35.9 Å². The molecular weight excluding hydrogens is 234 g/mol. The summed E-state index contributed by atoms with van der Waals surface area (Å²) in [5, 5.41) is 0. The monoisotopic (exact) mass is 251 g/mol. The van der Waals surface area contributed by atoms with E-state index in [-0.39, 0.29) is 0 Å². The van der Waals surface area contributed by atoms with E-state index < -0.39 is 0 Å². The number of aryl methyl sites for hydroxylation is 2. The average Bonchev–Trinajstić information content (AvgIpc) is 2.72. The van der Waals surface area contributed by atoms with E-state index in [0.717, 1.165) is 29.1 Å². The van der Waals surface area contributed by atoms with Crippen LogP contribution in [-0.2, 0) is 6.42 Å². The van der Waals surface area contributed by atoms with Crippen LogP contribution >= 0.6 is 0 Å². The molecule has 0 bridgehead atoms. The summed E-state index contributed by atoms with van der Waals surface area (Å²) in [6.45, 7) is 4.14. The van der Waals surface area contributed by atoms with Crippen LogP contribution in [0.5, 0.6) is 0 Å². The Balaban J connectivity index is 2.03. The van der Waals surface area contributed by atoms with E-state index in [1.165, 1.54) is 11.1 Å². The number of imidazole rings is 1. The van der Waals surface area contributed by atoms with Gasteiger partial charge < -0.3 is 5.73 Å². The van der Waals surface area contributed by atoms with E-state index in [9.17, 15) is 0 Å². The van der Waals surface area contributed by atoms with Gasteiger partial charge in [-0.05, 0) is 31.0 Å². The van der Waals surface area contributed by atoms with Crippen molar-refractivity contribution in [3.63, 3.8) is 0 Å². The van der Waals surface area contributed by atoms with Gasteiger partial charge in [0.1, 0.15) is 11.5 Å². The molecule has 0 atom stereocenters. The van der Waals surface area contributed by atoms with Crippen molar-refractivity contribution >= 4 is 11.5 Å². The maximum absolute atomic E-state index is 6.19. The zero-order valence-corrected chi connectivity index (χ0v) is 11.2. The Labute approximate surface area is 112 Å². The van der Waals surface area contributed by atoms with Crippen molar-refractivity contribution in [2.75, 3.05) is 5.73 Å². The van der Waals surface area contributed by atoms with Crippen LogP contribution in [0.1, 0.15) is 22.4 Å². The number of pyridine rings is 1. The summed E-state index contributed by atoms with van der Waals surface area (Å²) in [6.07, 6.45) is 2.73. The fourth-order valence-corrected chi connectivity index (χ4v) is 2.30. The summed E-state index contributed by atoms with van der Waals surface area (Å²) in [4.78, 5) is 4.67. The predicted molar refractivity (Wildman–Crippen MR) is 78.3 cm³/mol. The lowest BCUT2D eigenvalue weighted by Gasteiger charge is -2.01. The van der Waals surface area contributed by atoms with Gasteiger partial charge in [-0.15, -0.1) is 0 Å². The fourth-order valence-electron chi connectivity index (χ4n) is 2.30. The lowest BCUT2D eigenvalue weighted by Crippen LogP contribution is -1.97. The topological polar surface area (TPSA) is 43.3 Å². The third-order valence-electron chi connectivity index (χ3n) is 3.45. The molecule has 0 amide bonds. The molecule has 19 heavy (non-hydrogen) atoms. The standard InChI is InChI=1S/C16H17N3/c1-11-5-7-13(8-6-11)10-14-15(17)19-9-3-4-12(2)16(19)18-14/h3-9H,10,17H2,1-2H3. The molecule has 0 aliphatic carbocycles. The molecule has 3 aromatic rings. The highest BCUT2D eigenvalue weighted by Crippen LogP contribution is 2.20. The first kappa shape index (κ1) is 11.8. The van der Waals surface area contributed by atoms with Gasteiger partial charge in [0.25, 0.3) is 0 Å². The van der Waals surface area contributed by atoms with Gasteiger partial charge >= 0.3 is 0 Å². The molecule has 2 heterocycles. The number of nitrogens with zero attached hydrogens (tertiary/aromatic N) is 2. The Kier molecular flexibility index (Phi) is 2.75. The minimum atomic E-state index is 0.735. The normalized spacial score (nSPS) is 11.1. The Morgan fingerprint density at radius 3 is 2.53 bits per heavy atom. The first-order valence-electron chi connectivity index (χ1n) is 6.43. The molecule has 3 heteroatoms. The van der Waals surface area contributed by atoms with E-state index in [1.807, 2.05) is 16.7 Å². The highest BCUT2D eigenvalue weighted by molar-refractivity contribution is 5.57. The quantitative estimate of drug-likeness (QED) is 0.760. The van der Waals surface area contributed by atoms with Crippen LogP contribution in [0.15, 0.2) is 42.6 Å². The number of hydrogen-bond donors (Lipinski definition) is 1. The average molecular weight is 251 g/mol. The largest absolute Gasteiger partial charge is 0.383 e. The van der Waals surface area contributed by atoms with Gasteiger partial charge in [0.2, 0.25) is 0 Å². The molecule has 0 unspecified atom stereocenters. The van der Waals surface area contributed by atoms with Crippen LogP contribution in [0.4, 0.5) is 5.82 Å². The minimum absolute atomic E-state index is 0.735. The van der Waals surface area contributed by atoms with E-state index >= 15 is 0 Å². The smallest absolute Gasteiger partial charge is 0.141 e. The minimum Gasteiger partial charge on any atom is -0.383 e. The first-order valence-corrected chi connectivity index (χ1v) is 6.43. The van der Waals surface area contributed by atoms with Gasteiger partial charge in [-0.2, -0.15) is 0 Å². The van der Waals surface area contributed by atoms with Crippen molar-refractivity contribution in [1.29, 1.82) is 0 Å². The summed E-state index contributed by atoms with van der Waals surface area (Å²) in [5.74, 6) is 0.735. The molecule has 0 fully saturated rings. The molecule has 3 rings (SSSR count). The molecule has 0 aliphatic rings. The summed E-state index contributed by atoms with van der Waals surface area (Å²) in [5.41, 5.74) is 11.7. The molecule has 0 aliphatic heterocycles. The number of fused-ring (bicyclic) bond motifs is 1. The molecule has 96 valence electrons. The van der Waals surface area contributed by atoms with Crippen LogP contribution in [0, 0.1) is 13.8 Å². The molecule has 0 saturated carbocycles. The van der Waals surface area contributed by atoms with Crippen molar-refractivity contribution < 1.29 is 0 Å². The second-order valence-electron chi connectivity index (χ2n) is 4.99. The van der Waals surface area contributed by atoms with E-state index in [1.54, 1.807) is 0 Å². The predicted octanol–water partition coefficient (Wildman–Crippen LogP) is 3.12. The molecule has 1 aromatic carbocycles. The highest BCUT2D eigenvalue weighted by Gasteiger charge is 2.10. The molecular formula is C16H17N3. The number of rotatable bonds is 2. The summed E-state index contributed by atoms with van der Waals surface area (Å²) >= 11 is 0. The fraction of sp³-hybridized carbons (Fsp3) is 0.188. The maximum Gasteiger partial charge on any atom is 0.141 e. The first-order chi connectivity index (χ1) is 9.15. The summed E-state index contributed by atoms with van der Waals surface area (Å²) < 4.78 is 1.96. The lowest BCUT2D eigenvalue weighted by molar-refractivity contribution is 1.12. The van der Waals surface area contributed by atoms with Crippen molar-refractivity contribution in [2.45, 2.75) is 20.3 Å². The third kappa shape index (κ3) is 2.08. The summed E-state index contributed by atoms with van der Waals surface area (Å²) in [7, 11) is 0. The molecule has 2 N–H and O–H groups in total. The van der Waals surface area contributed by atoms with E-state index in [0.29, 0.717) is 0 Å². The SMILES string of the molecule is Cc1ccc(Cc2nc3c(C)cccn3c2N)cc1. The zero-order chi connectivity index (χ0) is 13.4. The number of nitrogens with two attached hydrogens (primary N) is 1. The number of anilines is 1. The highest BCUT2D eigenvalue weighted by atomic mass is 15.1. The van der Waals surface area contributed by atoms with Crippen molar-refractivity contribution in [1.82, 2.24) is 9.38 Å². The Hall–Kier alpha value is -2.29. The molecule has 0 spiro atoms. The van der Waals surface area contributed by atoms with Gasteiger partial charge in [-0.3, -0.25) is 4.40 Å². The summed E-state index contributed by atoms with van der Waals surface area (Å²) in [6, 6.07) is 12.5. The Morgan fingerprint density at radius 2 is 1.84 bits per heavy atom. The zero-order valence-electron chi connectivity index (χ0n) is 11.2. The van der Waals surface area contributed by atoms with Crippen LogP contribution in [-0.4, -0.2) is 9.38 Å². The van der Waals surface area contributed by atoms with Gasteiger partial charge in [0.05, 0.1) is 5.69 Å². The number of nitrogen functional groups attached to an aromatic ring is 1. The van der Waals surface area contributed by atoms with Crippen LogP contribution in [0.2, 0.25) is 0 Å². The lowest BCUT2D eigenvalue weighted by atomic mass is 10.1. The molecule has 0 radical (unpaired) electrons. The second-order valence-corrected chi connectivity index (χ2v) is 4.99. The van der Waals surface area contributed by atoms with E-state index in [2.05, 4.69) is 49.2 Å². The van der Waals surface area contributed by atoms with Gasteiger partial charge in [0, 0.05) is 12.6 Å². The van der Waals surface area contributed by atoms with Crippen LogP contribution < -0.4 is 5.73 Å². The van der Waals surface area contributed by atoms with E-state index in [4.69, 9.17) is 5.73 Å². The number of hydrogen-bond acceptors (Lipinski definition) is 2. The Morgan fingerprint density at radius 1 is 1.11 bits per heavy atom. The molecule has 2 aromatic heterocycles. The molecule has 3 nitrogen and oxygen atoms in total. The van der Waals surface area contributed by atoms with Crippen LogP contribution in [0.25, 0.3) is 5.65 Å². The van der Waals surface area contributed by atoms with Gasteiger partial charge in [-0.25, -0.2) is 4.98 Å². The maximum atomic E-state index is 6.19. The van der Waals surface area contributed by atoms with Gasteiger partial charge in [0.15, 0.2) is 0 Å². The molecule has 0 saturated heterocycles. The van der Waals surface area contributed by atoms with Crippen molar-refractivity contribution in [3.05, 3.63) is 65.0 Å². The number of aromatic nitrogens is 2. The third-order valence-corrected chi connectivity index (χ3v) is 3.45. The second kappa shape index (κ2) is 4.43. The number of benzene rings is 1.